The van der Waals surface area contributed by atoms with Crippen molar-refractivity contribution in [2.24, 2.45) is 0 Å². The van der Waals surface area contributed by atoms with Gasteiger partial charge in [0.05, 0.1) is 5.56 Å². The molecule has 0 aliphatic heterocycles. The summed E-state index contributed by atoms with van der Waals surface area (Å²) < 4.78 is 5.18. The quantitative estimate of drug-likeness (QED) is 0.872. The fourth-order valence-corrected chi connectivity index (χ4v) is 2.00. The lowest BCUT2D eigenvalue weighted by atomic mass is 9.81. The summed E-state index contributed by atoms with van der Waals surface area (Å²) in [5.74, 6) is -0.934. The maximum atomic E-state index is 11.6. The lowest BCUT2D eigenvalue weighted by Crippen LogP contribution is -2.35. The minimum absolute atomic E-state index is 0.175. The Morgan fingerprint density at radius 2 is 1.64 bits per heavy atom. The number of rotatable bonds is 5. The third-order valence-electron chi connectivity index (χ3n) is 3.33. The van der Waals surface area contributed by atoms with Crippen molar-refractivity contribution in [2.75, 3.05) is 6.54 Å². The molecule has 5 heteroatoms. The number of nitrogens with one attached hydrogen (secondary N) is 1. The van der Waals surface area contributed by atoms with Gasteiger partial charge in [0.1, 0.15) is 5.60 Å². The zero-order chi connectivity index (χ0) is 17.0. The zero-order valence-electron chi connectivity index (χ0n) is 13.9. The van der Waals surface area contributed by atoms with Crippen LogP contribution in [0.25, 0.3) is 0 Å². The summed E-state index contributed by atoms with van der Waals surface area (Å²) in [6, 6.07) is 6.83. The summed E-state index contributed by atoms with van der Waals surface area (Å²) in [5, 5.41) is 11.7. The maximum Gasteiger partial charge on any atom is 0.407 e. The van der Waals surface area contributed by atoms with E-state index >= 15 is 0 Å². The van der Waals surface area contributed by atoms with Gasteiger partial charge in [-0.25, -0.2) is 9.59 Å². The van der Waals surface area contributed by atoms with E-state index in [1.807, 2.05) is 32.9 Å². The average Bonchev–Trinajstić information content (AvgIpc) is 2.36. The van der Waals surface area contributed by atoms with Crippen molar-refractivity contribution < 1.29 is 19.4 Å². The molecule has 1 rings (SSSR count). The lowest BCUT2D eigenvalue weighted by Gasteiger charge is -2.26. The highest BCUT2D eigenvalue weighted by atomic mass is 16.6. The van der Waals surface area contributed by atoms with E-state index in [1.54, 1.807) is 12.1 Å². The van der Waals surface area contributed by atoms with Crippen molar-refractivity contribution in [3.8, 4) is 0 Å². The van der Waals surface area contributed by atoms with Crippen LogP contribution in [0.4, 0.5) is 4.79 Å². The Hall–Kier alpha value is -2.04. The third kappa shape index (κ3) is 5.76. The molecule has 0 heterocycles. The number of ether oxygens (including phenoxy) is 1. The monoisotopic (exact) mass is 307 g/mol. The molecular formula is C17H25NO4. The SMILES string of the molecule is CC(C)(C)OC(=O)NCCC(C)(C)c1ccc(C(=O)O)cc1. The van der Waals surface area contributed by atoms with Gasteiger partial charge in [-0.15, -0.1) is 0 Å². The van der Waals surface area contributed by atoms with Crippen LogP contribution < -0.4 is 5.32 Å². The minimum Gasteiger partial charge on any atom is -0.478 e. The smallest absolute Gasteiger partial charge is 0.407 e. The number of carboxylic acid groups (broad SMARTS) is 1. The molecular weight excluding hydrogens is 282 g/mol. The Morgan fingerprint density at radius 3 is 2.09 bits per heavy atom. The lowest BCUT2D eigenvalue weighted by molar-refractivity contribution is 0.0524. The Balaban J connectivity index is 2.56. The van der Waals surface area contributed by atoms with Crippen LogP contribution in [-0.2, 0) is 10.2 Å². The van der Waals surface area contributed by atoms with Crippen molar-refractivity contribution in [1.29, 1.82) is 0 Å². The number of benzene rings is 1. The fraction of sp³-hybridized carbons (Fsp3) is 0.529. The molecule has 122 valence electrons. The van der Waals surface area contributed by atoms with E-state index in [0.29, 0.717) is 6.54 Å². The predicted octanol–water partition coefficient (Wildman–Crippen LogP) is 3.58. The van der Waals surface area contributed by atoms with Gasteiger partial charge in [0, 0.05) is 6.54 Å². The third-order valence-corrected chi connectivity index (χ3v) is 3.33. The van der Waals surface area contributed by atoms with Crippen LogP contribution >= 0.6 is 0 Å². The first-order chi connectivity index (χ1) is 10.0. The molecule has 0 radical (unpaired) electrons. The van der Waals surface area contributed by atoms with E-state index < -0.39 is 17.7 Å². The highest BCUT2D eigenvalue weighted by Gasteiger charge is 2.22. The zero-order valence-corrected chi connectivity index (χ0v) is 13.9. The van der Waals surface area contributed by atoms with E-state index in [1.165, 1.54) is 0 Å². The summed E-state index contributed by atoms with van der Waals surface area (Å²) in [4.78, 5) is 22.5. The largest absolute Gasteiger partial charge is 0.478 e. The summed E-state index contributed by atoms with van der Waals surface area (Å²) in [6.45, 7) is 10.1. The molecule has 2 N–H and O–H groups in total. The number of alkyl carbamates (subject to hydrolysis) is 1. The average molecular weight is 307 g/mol. The molecule has 0 unspecified atom stereocenters. The van der Waals surface area contributed by atoms with Gasteiger partial charge in [-0.3, -0.25) is 0 Å². The molecule has 1 aromatic rings. The molecule has 1 amide bonds. The van der Waals surface area contributed by atoms with Crippen LogP contribution in [0.1, 0.15) is 57.0 Å². The number of amides is 1. The Bertz CT molecular complexity index is 527. The number of carboxylic acids is 1. The minimum atomic E-state index is -0.934. The first-order valence-corrected chi connectivity index (χ1v) is 7.32. The predicted molar refractivity (Wildman–Crippen MR) is 85.3 cm³/mol. The van der Waals surface area contributed by atoms with Gasteiger partial charge < -0.3 is 15.2 Å². The van der Waals surface area contributed by atoms with Crippen molar-refractivity contribution in [3.63, 3.8) is 0 Å². The van der Waals surface area contributed by atoms with Crippen molar-refractivity contribution in [1.82, 2.24) is 5.32 Å². The van der Waals surface area contributed by atoms with Crippen LogP contribution in [0.15, 0.2) is 24.3 Å². The van der Waals surface area contributed by atoms with Crippen LogP contribution in [0.3, 0.4) is 0 Å². The van der Waals surface area contributed by atoms with Gasteiger partial charge in [-0.2, -0.15) is 0 Å². The van der Waals surface area contributed by atoms with Crippen LogP contribution in [0, 0.1) is 0 Å². The first kappa shape index (κ1) is 18.0. The Morgan fingerprint density at radius 1 is 1.09 bits per heavy atom. The van der Waals surface area contributed by atoms with Gasteiger partial charge in [0.15, 0.2) is 0 Å². The number of hydrogen-bond donors (Lipinski definition) is 2. The number of aromatic carboxylic acids is 1. The summed E-state index contributed by atoms with van der Waals surface area (Å²) in [7, 11) is 0. The molecule has 1 aromatic carbocycles. The fourth-order valence-electron chi connectivity index (χ4n) is 2.00. The summed E-state index contributed by atoms with van der Waals surface area (Å²) >= 11 is 0. The number of carbonyl (C=O) groups is 2. The first-order valence-electron chi connectivity index (χ1n) is 7.32. The molecule has 0 fully saturated rings. The summed E-state index contributed by atoms with van der Waals surface area (Å²) in [5.41, 5.74) is 0.619. The van der Waals surface area contributed by atoms with Crippen LogP contribution in [0.5, 0.6) is 0 Å². The molecule has 0 saturated carbocycles. The number of hydrogen-bond acceptors (Lipinski definition) is 3. The molecule has 0 aliphatic carbocycles. The molecule has 5 nitrogen and oxygen atoms in total. The second-order valence-electron chi connectivity index (χ2n) is 6.95. The molecule has 0 saturated heterocycles. The molecule has 0 atom stereocenters. The van der Waals surface area contributed by atoms with Gasteiger partial charge >= 0.3 is 12.1 Å². The van der Waals surface area contributed by atoms with Crippen molar-refractivity contribution in [3.05, 3.63) is 35.4 Å². The molecule has 0 spiro atoms. The molecule has 0 aliphatic rings. The van der Waals surface area contributed by atoms with Gasteiger partial charge in [-0.1, -0.05) is 26.0 Å². The van der Waals surface area contributed by atoms with E-state index in [9.17, 15) is 9.59 Å². The topological polar surface area (TPSA) is 75.6 Å². The van der Waals surface area contributed by atoms with E-state index in [-0.39, 0.29) is 11.0 Å². The highest BCUT2D eigenvalue weighted by Crippen LogP contribution is 2.26. The second-order valence-corrected chi connectivity index (χ2v) is 6.95. The van der Waals surface area contributed by atoms with Crippen LogP contribution in [-0.4, -0.2) is 29.3 Å². The molecule has 22 heavy (non-hydrogen) atoms. The summed E-state index contributed by atoms with van der Waals surface area (Å²) in [6.07, 6.45) is 0.295. The Kier molecular flexibility index (Phi) is 5.58. The van der Waals surface area contributed by atoms with Gasteiger partial charge in [0.25, 0.3) is 0 Å². The van der Waals surface area contributed by atoms with E-state index in [0.717, 1.165) is 12.0 Å². The highest BCUT2D eigenvalue weighted by molar-refractivity contribution is 5.87. The van der Waals surface area contributed by atoms with Gasteiger partial charge in [-0.05, 0) is 50.3 Å². The van der Waals surface area contributed by atoms with E-state index in [2.05, 4.69) is 19.2 Å². The number of carbonyl (C=O) groups excluding carboxylic acids is 1. The molecule has 0 aromatic heterocycles. The van der Waals surface area contributed by atoms with Crippen molar-refractivity contribution >= 4 is 12.1 Å². The van der Waals surface area contributed by atoms with Gasteiger partial charge in [0.2, 0.25) is 0 Å². The maximum absolute atomic E-state index is 11.6. The van der Waals surface area contributed by atoms with Crippen molar-refractivity contribution in [2.45, 2.75) is 52.1 Å². The standard InChI is InChI=1S/C17H25NO4/c1-16(2,3)22-15(21)18-11-10-17(4,5)13-8-6-12(7-9-13)14(19)20/h6-9H,10-11H2,1-5H3,(H,18,21)(H,19,20). The normalized spacial score (nSPS) is 11.9. The molecule has 0 bridgehead atoms. The Labute approximate surface area is 131 Å². The second kappa shape index (κ2) is 6.81. The van der Waals surface area contributed by atoms with E-state index in [4.69, 9.17) is 9.84 Å². The van der Waals surface area contributed by atoms with Crippen LogP contribution in [0.2, 0.25) is 0 Å².